The van der Waals surface area contributed by atoms with Gasteiger partial charge < -0.3 is 9.47 Å². The highest BCUT2D eigenvalue weighted by Crippen LogP contribution is 2.49. The maximum Gasteiger partial charge on any atom is 0.364 e. The lowest BCUT2D eigenvalue weighted by Crippen LogP contribution is -2.41. The normalized spacial score (nSPS) is 24.1. The summed E-state index contributed by atoms with van der Waals surface area (Å²) in [7, 11) is 0.712. The number of nitrogens with zero attached hydrogens (tertiary/aromatic N) is 1. The Morgan fingerprint density at radius 3 is 2.55 bits per heavy atom. The van der Waals surface area contributed by atoms with Crippen LogP contribution in [0.1, 0.15) is 29.5 Å². The van der Waals surface area contributed by atoms with Crippen LogP contribution < -0.4 is 0 Å². The highest BCUT2D eigenvalue weighted by atomic mass is 16.5. The Kier molecular flexibility index (Phi) is 3.84. The van der Waals surface area contributed by atoms with Gasteiger partial charge in [0.2, 0.25) is 0 Å². The Hall–Kier alpha value is -2.62. The third-order valence-corrected chi connectivity index (χ3v) is 7.07. The summed E-state index contributed by atoms with van der Waals surface area (Å²) in [5, 5.41) is 5.18. The van der Waals surface area contributed by atoms with Crippen molar-refractivity contribution in [1.82, 2.24) is 4.81 Å². The summed E-state index contributed by atoms with van der Waals surface area (Å²) < 4.78 is 6.78. The van der Waals surface area contributed by atoms with Gasteiger partial charge in [-0.25, -0.2) is 0 Å². The Morgan fingerprint density at radius 2 is 1.66 bits per heavy atom. The molecule has 4 aromatic rings. The highest BCUT2D eigenvalue weighted by molar-refractivity contribution is 6.25. The van der Waals surface area contributed by atoms with Crippen LogP contribution in [0, 0.1) is 6.92 Å². The zero-order valence-corrected chi connectivity index (χ0v) is 16.8. The summed E-state index contributed by atoms with van der Waals surface area (Å²) >= 11 is 0. The smallest absolute Gasteiger partial charge is 0.364 e. The molecule has 3 heteroatoms. The van der Waals surface area contributed by atoms with Crippen molar-refractivity contribution in [3.8, 4) is 0 Å². The first-order valence-corrected chi connectivity index (χ1v) is 10.6. The van der Waals surface area contributed by atoms with Crippen LogP contribution >= 0.6 is 0 Å². The first kappa shape index (κ1) is 17.3. The molecule has 0 radical (unpaired) electrons. The first-order valence-electron chi connectivity index (χ1n) is 10.6. The molecule has 0 aliphatic carbocycles. The number of benzene rings is 4. The van der Waals surface area contributed by atoms with E-state index in [-0.39, 0.29) is 0 Å². The van der Waals surface area contributed by atoms with E-state index in [4.69, 9.17) is 4.65 Å². The van der Waals surface area contributed by atoms with Gasteiger partial charge in [0, 0.05) is 6.04 Å². The molecule has 0 bridgehead atoms. The van der Waals surface area contributed by atoms with Gasteiger partial charge in [-0.1, -0.05) is 72.8 Å². The van der Waals surface area contributed by atoms with Crippen molar-refractivity contribution in [2.75, 3.05) is 6.54 Å². The van der Waals surface area contributed by atoms with E-state index in [0.29, 0.717) is 13.7 Å². The fourth-order valence-electron chi connectivity index (χ4n) is 5.66. The molecular formula is C26H24BNO. The molecular weight excluding hydrogens is 353 g/mol. The van der Waals surface area contributed by atoms with Gasteiger partial charge in [-0.3, -0.25) is 0 Å². The summed E-state index contributed by atoms with van der Waals surface area (Å²) in [6.45, 7) is 3.40. The largest absolute Gasteiger partial charge is 0.409 e. The second-order valence-corrected chi connectivity index (χ2v) is 8.50. The molecule has 2 nitrogen and oxygen atoms in total. The zero-order valence-electron chi connectivity index (χ0n) is 16.8. The Labute approximate surface area is 172 Å². The van der Waals surface area contributed by atoms with Crippen molar-refractivity contribution in [2.24, 2.45) is 0 Å². The van der Waals surface area contributed by atoms with Crippen molar-refractivity contribution in [3.05, 3.63) is 95.6 Å². The molecule has 0 N–H and O–H groups in total. The van der Waals surface area contributed by atoms with Crippen molar-refractivity contribution < 1.29 is 4.65 Å². The van der Waals surface area contributed by atoms with Gasteiger partial charge in [-0.15, -0.1) is 0 Å². The number of aryl methyl sites for hydroxylation is 1. The van der Waals surface area contributed by atoms with Crippen LogP contribution in [-0.2, 0) is 10.3 Å². The second kappa shape index (κ2) is 6.45. The fourth-order valence-corrected chi connectivity index (χ4v) is 5.66. The number of rotatable bonds is 2. The van der Waals surface area contributed by atoms with E-state index in [9.17, 15) is 0 Å². The van der Waals surface area contributed by atoms with Gasteiger partial charge in [0.1, 0.15) is 5.60 Å². The molecule has 2 atom stereocenters. The summed E-state index contributed by atoms with van der Waals surface area (Å²) in [4.78, 5) is 2.53. The molecule has 2 fully saturated rings. The van der Waals surface area contributed by atoms with Crippen molar-refractivity contribution in [1.29, 1.82) is 0 Å². The minimum absolute atomic E-state index is 0.392. The molecule has 6 rings (SSSR count). The number of hydrogen-bond donors (Lipinski definition) is 0. The molecule has 0 amide bonds. The minimum Gasteiger partial charge on any atom is -0.409 e. The zero-order chi connectivity index (χ0) is 19.4. The molecule has 2 aliphatic heterocycles. The van der Waals surface area contributed by atoms with Crippen LogP contribution in [0.3, 0.4) is 0 Å². The summed E-state index contributed by atoms with van der Waals surface area (Å²) in [5.74, 6) is 0. The maximum atomic E-state index is 6.78. The van der Waals surface area contributed by atoms with E-state index in [1.165, 1.54) is 51.1 Å². The lowest BCUT2D eigenvalue weighted by molar-refractivity contribution is 0.108. The molecule has 2 aliphatic rings. The Balaban J connectivity index is 1.64. The molecule has 2 heterocycles. The second-order valence-electron chi connectivity index (χ2n) is 8.50. The third-order valence-electron chi connectivity index (χ3n) is 7.07. The molecule has 0 spiro atoms. The predicted molar refractivity (Wildman–Crippen MR) is 121 cm³/mol. The van der Waals surface area contributed by atoms with E-state index in [0.717, 1.165) is 6.54 Å². The van der Waals surface area contributed by atoms with Gasteiger partial charge in [0.05, 0.1) is 0 Å². The third kappa shape index (κ3) is 2.44. The van der Waals surface area contributed by atoms with Crippen LogP contribution in [0.15, 0.2) is 78.9 Å². The first-order chi connectivity index (χ1) is 14.3. The van der Waals surface area contributed by atoms with Gasteiger partial charge in [-0.05, 0) is 70.6 Å². The quantitative estimate of drug-likeness (QED) is 0.439. The average Bonchev–Trinajstić information content (AvgIpc) is 3.37. The monoisotopic (exact) mass is 377 g/mol. The van der Waals surface area contributed by atoms with Gasteiger partial charge in [0.25, 0.3) is 0 Å². The van der Waals surface area contributed by atoms with Crippen LogP contribution in [0.25, 0.3) is 21.5 Å². The van der Waals surface area contributed by atoms with E-state index in [1.807, 2.05) is 0 Å². The van der Waals surface area contributed by atoms with Crippen LogP contribution in [-0.4, -0.2) is 25.0 Å². The van der Waals surface area contributed by atoms with Crippen molar-refractivity contribution >= 4 is 29.2 Å². The molecule has 0 aromatic heterocycles. The lowest BCUT2D eigenvalue weighted by atomic mass is 9.76. The molecule has 29 heavy (non-hydrogen) atoms. The standard InChI is InChI=1S/C26H24BNO/c1-18-23-10-5-4-8-20(23)13-15-24(18)26(25-11-6-16-28(25)27-29-26)22-14-12-19-7-2-3-9-21(19)17-22/h2-5,7-10,12-15,17,25,27H,6,11,16H2,1H3. The van der Waals surface area contributed by atoms with Crippen LogP contribution in [0.2, 0.25) is 0 Å². The molecule has 2 saturated heterocycles. The van der Waals surface area contributed by atoms with E-state index in [2.05, 4.69) is 90.6 Å². The average molecular weight is 377 g/mol. The highest BCUT2D eigenvalue weighted by Gasteiger charge is 2.53. The SMILES string of the molecule is Cc1c(C2(c3ccc4ccccc4c3)OBN3CCCC32)ccc2ccccc12. The molecule has 2 unspecified atom stereocenters. The van der Waals surface area contributed by atoms with Crippen LogP contribution in [0.5, 0.6) is 0 Å². The van der Waals surface area contributed by atoms with Gasteiger partial charge in [-0.2, -0.15) is 0 Å². The summed E-state index contributed by atoms with van der Waals surface area (Å²) in [5.41, 5.74) is 3.53. The van der Waals surface area contributed by atoms with Crippen LogP contribution in [0.4, 0.5) is 0 Å². The maximum absolute atomic E-state index is 6.78. The predicted octanol–water partition coefficient (Wildman–Crippen LogP) is 5.31. The number of hydrogen-bond acceptors (Lipinski definition) is 2. The minimum atomic E-state index is -0.408. The van der Waals surface area contributed by atoms with E-state index < -0.39 is 5.60 Å². The van der Waals surface area contributed by atoms with Gasteiger partial charge >= 0.3 is 7.62 Å². The molecule has 4 aromatic carbocycles. The molecule has 0 saturated carbocycles. The van der Waals surface area contributed by atoms with E-state index >= 15 is 0 Å². The molecule has 142 valence electrons. The summed E-state index contributed by atoms with van der Waals surface area (Å²) in [6, 6.07) is 29.2. The Bertz CT molecular complexity index is 1240. The number of fused-ring (bicyclic) bond motifs is 3. The Morgan fingerprint density at radius 1 is 0.897 bits per heavy atom. The van der Waals surface area contributed by atoms with Crippen molar-refractivity contribution in [3.63, 3.8) is 0 Å². The van der Waals surface area contributed by atoms with Crippen molar-refractivity contribution in [2.45, 2.75) is 31.4 Å². The van der Waals surface area contributed by atoms with Gasteiger partial charge in [0.15, 0.2) is 0 Å². The summed E-state index contributed by atoms with van der Waals surface area (Å²) in [6.07, 6.45) is 2.43. The topological polar surface area (TPSA) is 12.5 Å². The lowest BCUT2D eigenvalue weighted by Gasteiger charge is -2.38. The fraction of sp³-hybridized carbons (Fsp3) is 0.231. The van der Waals surface area contributed by atoms with E-state index in [1.54, 1.807) is 0 Å².